The van der Waals surface area contributed by atoms with Crippen LogP contribution >= 0.6 is 11.3 Å². The topological polar surface area (TPSA) is 92.7 Å². The van der Waals surface area contributed by atoms with E-state index in [0.29, 0.717) is 0 Å². The minimum atomic E-state index is -3.77. The number of hydrogen-bond acceptors (Lipinski definition) is 6. The number of aliphatic hydroxyl groups is 1. The zero-order valence-electron chi connectivity index (χ0n) is 8.47. The van der Waals surface area contributed by atoms with Crippen LogP contribution in [0.3, 0.4) is 0 Å². The van der Waals surface area contributed by atoms with Gasteiger partial charge >= 0.3 is 5.97 Å². The van der Waals surface area contributed by atoms with Crippen LogP contribution < -0.4 is 4.72 Å². The van der Waals surface area contributed by atoms with E-state index in [1.165, 1.54) is 18.6 Å². The molecule has 0 bridgehead atoms. The minimum Gasteiger partial charge on any atom is -0.465 e. The van der Waals surface area contributed by atoms with Crippen LogP contribution in [0.5, 0.6) is 0 Å². The molecule has 1 aromatic rings. The predicted octanol–water partition coefficient (Wildman–Crippen LogP) is -0.195. The van der Waals surface area contributed by atoms with Crippen molar-refractivity contribution in [3.63, 3.8) is 0 Å². The third-order valence-electron chi connectivity index (χ3n) is 1.69. The molecule has 0 radical (unpaired) electrons. The molecule has 1 heterocycles. The second-order valence-electron chi connectivity index (χ2n) is 2.73. The van der Waals surface area contributed by atoms with Gasteiger partial charge in [0.1, 0.15) is 9.77 Å². The second-order valence-corrected chi connectivity index (χ2v) is 5.38. The maximum atomic E-state index is 11.7. The van der Waals surface area contributed by atoms with Gasteiger partial charge in [-0.3, -0.25) is 0 Å². The second kappa shape index (κ2) is 5.39. The van der Waals surface area contributed by atoms with E-state index in [1.54, 1.807) is 0 Å². The fourth-order valence-corrected chi connectivity index (χ4v) is 3.36. The molecule has 0 fully saturated rings. The van der Waals surface area contributed by atoms with Crippen molar-refractivity contribution < 1.29 is 23.1 Å². The quantitative estimate of drug-likeness (QED) is 0.720. The molecule has 0 saturated carbocycles. The predicted molar refractivity (Wildman–Crippen MR) is 57.9 cm³/mol. The van der Waals surface area contributed by atoms with Crippen LogP contribution in [-0.2, 0) is 14.8 Å². The van der Waals surface area contributed by atoms with Gasteiger partial charge in [-0.25, -0.2) is 17.9 Å². The van der Waals surface area contributed by atoms with Gasteiger partial charge in [0, 0.05) is 6.54 Å². The number of ether oxygens (including phenoxy) is 1. The zero-order valence-corrected chi connectivity index (χ0v) is 10.1. The molecule has 1 rings (SSSR count). The smallest absolute Gasteiger partial charge is 0.349 e. The van der Waals surface area contributed by atoms with Gasteiger partial charge < -0.3 is 9.84 Å². The molecule has 0 atom stereocenters. The summed E-state index contributed by atoms with van der Waals surface area (Å²) in [5, 5.41) is 10.0. The molecule has 0 saturated heterocycles. The highest BCUT2D eigenvalue weighted by atomic mass is 32.2. The molecule has 0 spiro atoms. The molecule has 8 heteroatoms. The first-order valence-corrected chi connectivity index (χ1v) is 6.65. The van der Waals surface area contributed by atoms with Gasteiger partial charge in [0.15, 0.2) is 0 Å². The van der Waals surface area contributed by atoms with Gasteiger partial charge in [0.05, 0.1) is 13.7 Å². The Morgan fingerprint density at radius 3 is 2.88 bits per heavy atom. The Labute approximate surface area is 96.9 Å². The number of sulfonamides is 1. The molecule has 16 heavy (non-hydrogen) atoms. The van der Waals surface area contributed by atoms with Gasteiger partial charge in [-0.1, -0.05) is 0 Å². The first-order chi connectivity index (χ1) is 7.53. The molecule has 90 valence electrons. The molecule has 0 aliphatic rings. The van der Waals surface area contributed by atoms with Gasteiger partial charge in [-0.15, -0.1) is 11.3 Å². The third-order valence-corrected chi connectivity index (χ3v) is 4.22. The lowest BCUT2D eigenvalue weighted by Gasteiger charge is -2.05. The number of esters is 1. The number of methoxy groups -OCH3 is 1. The summed E-state index contributed by atoms with van der Waals surface area (Å²) in [5.74, 6) is -0.695. The number of carbonyl (C=O) groups is 1. The summed E-state index contributed by atoms with van der Waals surface area (Å²) < 4.78 is 30.0. The highest BCUT2D eigenvalue weighted by Gasteiger charge is 2.23. The van der Waals surface area contributed by atoms with E-state index < -0.39 is 16.0 Å². The summed E-state index contributed by atoms with van der Waals surface area (Å²) >= 11 is 0.986. The number of hydrogen-bond donors (Lipinski definition) is 2. The van der Waals surface area contributed by atoms with Crippen LogP contribution in [0.2, 0.25) is 0 Å². The maximum Gasteiger partial charge on any atom is 0.349 e. The average molecular weight is 265 g/mol. The Bertz CT molecular complexity index is 465. The van der Waals surface area contributed by atoms with Crippen LogP contribution in [0.15, 0.2) is 16.3 Å². The number of thiophene rings is 1. The highest BCUT2D eigenvalue weighted by molar-refractivity contribution is 7.89. The lowest BCUT2D eigenvalue weighted by Crippen LogP contribution is -2.27. The first-order valence-electron chi connectivity index (χ1n) is 4.29. The van der Waals surface area contributed by atoms with Crippen LogP contribution in [0, 0.1) is 0 Å². The van der Waals surface area contributed by atoms with E-state index >= 15 is 0 Å². The van der Waals surface area contributed by atoms with Crippen molar-refractivity contribution in [3.05, 3.63) is 16.3 Å². The van der Waals surface area contributed by atoms with Crippen molar-refractivity contribution in [2.24, 2.45) is 0 Å². The Kier molecular flexibility index (Phi) is 4.42. The van der Waals surface area contributed by atoms with Crippen LogP contribution in [-0.4, -0.2) is 39.8 Å². The minimum absolute atomic E-state index is 0.0212. The van der Waals surface area contributed by atoms with E-state index in [0.717, 1.165) is 11.3 Å². The summed E-state index contributed by atoms with van der Waals surface area (Å²) in [6, 6.07) is 1.32. The van der Waals surface area contributed by atoms with Gasteiger partial charge in [0.2, 0.25) is 10.0 Å². The fourth-order valence-electron chi connectivity index (χ4n) is 1.01. The molecule has 2 N–H and O–H groups in total. The van der Waals surface area contributed by atoms with Crippen molar-refractivity contribution in [1.29, 1.82) is 0 Å². The van der Waals surface area contributed by atoms with Crippen molar-refractivity contribution in [3.8, 4) is 0 Å². The number of aliphatic hydroxyl groups excluding tert-OH is 1. The van der Waals surface area contributed by atoms with E-state index in [4.69, 9.17) is 5.11 Å². The molecule has 0 unspecified atom stereocenters. The molecule has 1 aromatic heterocycles. The van der Waals surface area contributed by atoms with E-state index in [-0.39, 0.29) is 22.9 Å². The molecule has 0 aliphatic carbocycles. The van der Waals surface area contributed by atoms with E-state index in [1.807, 2.05) is 0 Å². The Balaban J connectivity index is 3.04. The Hall–Kier alpha value is -0.960. The number of carbonyl (C=O) groups excluding carboxylic acids is 1. The van der Waals surface area contributed by atoms with Crippen molar-refractivity contribution in [1.82, 2.24) is 4.72 Å². The summed E-state index contributed by atoms with van der Waals surface area (Å²) in [6.45, 7) is -0.407. The number of nitrogens with one attached hydrogen (secondary N) is 1. The first kappa shape index (κ1) is 13.1. The maximum absolute atomic E-state index is 11.7. The normalized spacial score (nSPS) is 11.4. The van der Waals surface area contributed by atoms with Crippen molar-refractivity contribution in [2.75, 3.05) is 20.3 Å². The van der Waals surface area contributed by atoms with Crippen LogP contribution in [0.4, 0.5) is 0 Å². The average Bonchev–Trinajstić information content (AvgIpc) is 2.75. The summed E-state index contributed by atoms with van der Waals surface area (Å²) in [5.41, 5.74) is 0. The van der Waals surface area contributed by atoms with Crippen molar-refractivity contribution >= 4 is 27.3 Å². The van der Waals surface area contributed by atoms with Gasteiger partial charge in [-0.05, 0) is 11.4 Å². The van der Waals surface area contributed by atoms with Crippen LogP contribution in [0.1, 0.15) is 9.67 Å². The standard InChI is InChI=1S/C8H11NO5S2/c1-14-8(11)7-6(2-5-15-7)16(12,13)9-3-4-10/h2,5,9-10H,3-4H2,1H3. The van der Waals surface area contributed by atoms with Crippen LogP contribution in [0.25, 0.3) is 0 Å². The Morgan fingerprint density at radius 1 is 1.62 bits per heavy atom. The fraction of sp³-hybridized carbons (Fsp3) is 0.375. The monoisotopic (exact) mass is 265 g/mol. The summed E-state index contributed by atoms with van der Waals surface area (Å²) in [7, 11) is -2.59. The zero-order chi connectivity index (χ0) is 12.2. The molecule has 0 amide bonds. The lowest BCUT2D eigenvalue weighted by molar-refractivity contribution is 0.0602. The Morgan fingerprint density at radius 2 is 2.31 bits per heavy atom. The van der Waals surface area contributed by atoms with E-state index in [9.17, 15) is 13.2 Å². The third kappa shape index (κ3) is 2.79. The number of rotatable bonds is 5. The molecule has 6 nitrogen and oxygen atoms in total. The molecular weight excluding hydrogens is 254 g/mol. The summed E-state index contributed by atoms with van der Waals surface area (Å²) in [4.78, 5) is 11.2. The van der Waals surface area contributed by atoms with E-state index in [2.05, 4.69) is 9.46 Å². The summed E-state index contributed by atoms with van der Waals surface area (Å²) in [6.07, 6.45) is 0. The molecule has 0 aliphatic heterocycles. The van der Waals surface area contributed by atoms with Gasteiger partial charge in [-0.2, -0.15) is 0 Å². The van der Waals surface area contributed by atoms with Gasteiger partial charge in [0.25, 0.3) is 0 Å². The van der Waals surface area contributed by atoms with Crippen molar-refractivity contribution in [2.45, 2.75) is 4.90 Å². The lowest BCUT2D eigenvalue weighted by atomic mass is 10.5. The highest BCUT2D eigenvalue weighted by Crippen LogP contribution is 2.22. The SMILES string of the molecule is COC(=O)c1sccc1S(=O)(=O)NCCO. The molecule has 0 aromatic carbocycles. The molecular formula is C8H11NO5S2. The largest absolute Gasteiger partial charge is 0.465 e.